The molecule has 0 aliphatic rings. The zero-order valence-electron chi connectivity index (χ0n) is 19.2. The molecule has 0 aliphatic heterocycles. The number of benzene rings is 3. The van der Waals surface area contributed by atoms with Crippen molar-refractivity contribution < 1.29 is 18.7 Å². The second kappa shape index (κ2) is 9.84. The van der Waals surface area contributed by atoms with Crippen LogP contribution in [0.4, 0.5) is 5.69 Å². The van der Waals surface area contributed by atoms with E-state index in [1.807, 2.05) is 38.1 Å². The summed E-state index contributed by atoms with van der Waals surface area (Å²) in [6.45, 7) is 3.79. The van der Waals surface area contributed by atoms with Gasteiger partial charge in [0.1, 0.15) is 17.1 Å². The van der Waals surface area contributed by atoms with Crippen molar-refractivity contribution in [2.45, 2.75) is 13.8 Å². The van der Waals surface area contributed by atoms with Crippen LogP contribution >= 0.6 is 23.2 Å². The predicted molar refractivity (Wildman–Crippen MR) is 138 cm³/mol. The highest BCUT2D eigenvalue weighted by Crippen LogP contribution is 2.42. The van der Waals surface area contributed by atoms with E-state index in [9.17, 15) is 4.79 Å². The number of ether oxygens (including phenoxy) is 2. The normalized spacial score (nSPS) is 11.5. The summed E-state index contributed by atoms with van der Waals surface area (Å²) < 4.78 is 16.8. The van der Waals surface area contributed by atoms with E-state index in [1.165, 1.54) is 6.08 Å². The summed E-state index contributed by atoms with van der Waals surface area (Å²) in [5, 5.41) is 4.81. The topological polar surface area (TPSA) is 60.7 Å². The lowest BCUT2D eigenvalue weighted by molar-refractivity contribution is -0.111. The maximum atomic E-state index is 12.7. The Kier molecular flexibility index (Phi) is 6.87. The molecule has 5 nitrogen and oxygen atoms in total. The molecule has 0 radical (unpaired) electrons. The molecule has 0 bridgehead atoms. The number of hydrogen-bond donors (Lipinski definition) is 1. The Morgan fingerprint density at radius 1 is 1.03 bits per heavy atom. The van der Waals surface area contributed by atoms with Gasteiger partial charge < -0.3 is 19.2 Å². The van der Waals surface area contributed by atoms with Crippen molar-refractivity contribution in [3.05, 3.63) is 82.0 Å². The number of carbonyl (C=O) groups excluding carboxylic acids is 1. The smallest absolute Gasteiger partial charge is 0.248 e. The van der Waals surface area contributed by atoms with Gasteiger partial charge in [-0.05, 0) is 49.8 Å². The van der Waals surface area contributed by atoms with Crippen LogP contribution in [0.5, 0.6) is 11.5 Å². The van der Waals surface area contributed by atoms with Gasteiger partial charge in [-0.25, -0.2) is 0 Å². The Labute approximate surface area is 207 Å². The number of hydrogen-bond acceptors (Lipinski definition) is 4. The molecule has 0 fully saturated rings. The van der Waals surface area contributed by atoms with Gasteiger partial charge in [-0.15, -0.1) is 0 Å². The fourth-order valence-electron chi connectivity index (χ4n) is 3.94. The van der Waals surface area contributed by atoms with Crippen molar-refractivity contribution in [3.8, 4) is 22.6 Å². The third-order valence-corrected chi connectivity index (χ3v) is 6.13. The summed E-state index contributed by atoms with van der Waals surface area (Å²) in [5.74, 6) is 1.03. The van der Waals surface area contributed by atoms with Gasteiger partial charge >= 0.3 is 0 Å². The Morgan fingerprint density at radius 3 is 2.53 bits per heavy atom. The maximum Gasteiger partial charge on any atom is 0.248 e. The summed E-state index contributed by atoms with van der Waals surface area (Å²) in [5.41, 5.74) is 5.30. The summed E-state index contributed by atoms with van der Waals surface area (Å²) in [6.07, 6.45) is 3.21. The van der Waals surface area contributed by atoms with Gasteiger partial charge in [0.25, 0.3) is 0 Å². The fraction of sp³-hybridized carbons (Fsp3) is 0.148. The molecule has 4 aromatic rings. The molecule has 7 heteroatoms. The number of anilines is 1. The summed E-state index contributed by atoms with van der Waals surface area (Å²) in [7, 11) is 3.18. The van der Waals surface area contributed by atoms with Crippen LogP contribution in [0.15, 0.2) is 65.3 Å². The predicted octanol–water partition coefficient (Wildman–Crippen LogP) is 7.77. The molecule has 174 valence electrons. The Bertz CT molecular complexity index is 1420. The van der Waals surface area contributed by atoms with E-state index >= 15 is 0 Å². The van der Waals surface area contributed by atoms with E-state index < -0.39 is 0 Å². The standard InChI is InChI=1S/C27H23Cl2NO4/c1-15(10-25(31)30-18-6-5-7-19(12-18)32-3)21-13-22-23(20-9-8-17(28)11-24(20)29)14-34-27(22)16(2)26(21)33-4/h5-14H,1-4H3,(H,30,31)/b15-10+. The van der Waals surface area contributed by atoms with Crippen LogP contribution in [-0.4, -0.2) is 20.1 Å². The van der Waals surface area contributed by atoms with Crippen LogP contribution < -0.4 is 14.8 Å². The second-order valence-electron chi connectivity index (χ2n) is 7.78. The molecule has 1 heterocycles. The van der Waals surface area contributed by atoms with Crippen LogP contribution in [0.3, 0.4) is 0 Å². The molecule has 0 atom stereocenters. The third-order valence-electron chi connectivity index (χ3n) is 5.58. The van der Waals surface area contributed by atoms with Crippen molar-refractivity contribution in [2.75, 3.05) is 19.5 Å². The number of aryl methyl sites for hydroxylation is 1. The van der Waals surface area contributed by atoms with Crippen LogP contribution in [-0.2, 0) is 4.79 Å². The largest absolute Gasteiger partial charge is 0.497 e. The zero-order valence-corrected chi connectivity index (χ0v) is 20.7. The van der Waals surface area contributed by atoms with Crippen LogP contribution in [0.1, 0.15) is 18.1 Å². The van der Waals surface area contributed by atoms with Crippen molar-refractivity contribution in [1.82, 2.24) is 0 Å². The minimum atomic E-state index is -0.265. The molecule has 1 N–H and O–H groups in total. The quantitative estimate of drug-likeness (QED) is 0.277. The minimum absolute atomic E-state index is 0.265. The third kappa shape index (κ3) is 4.63. The number of amides is 1. The number of carbonyl (C=O) groups is 1. The van der Waals surface area contributed by atoms with Gasteiger partial charge in [-0.1, -0.05) is 35.3 Å². The van der Waals surface area contributed by atoms with Gasteiger partial charge in [-0.2, -0.15) is 0 Å². The zero-order chi connectivity index (χ0) is 24.4. The van der Waals surface area contributed by atoms with E-state index in [1.54, 1.807) is 44.7 Å². The molecule has 3 aromatic carbocycles. The lowest BCUT2D eigenvalue weighted by atomic mass is 9.96. The first kappa shape index (κ1) is 23.7. The number of rotatable bonds is 6. The molecule has 0 saturated heterocycles. The van der Waals surface area contributed by atoms with Crippen molar-refractivity contribution in [1.29, 1.82) is 0 Å². The molecule has 0 saturated carbocycles. The van der Waals surface area contributed by atoms with Gasteiger partial charge in [0.2, 0.25) is 5.91 Å². The molecule has 0 aliphatic carbocycles. The lowest BCUT2D eigenvalue weighted by Crippen LogP contribution is -2.08. The Hall–Kier alpha value is -3.41. The van der Waals surface area contributed by atoms with Crippen molar-refractivity contribution in [3.63, 3.8) is 0 Å². The highest BCUT2D eigenvalue weighted by molar-refractivity contribution is 6.36. The molecular weight excluding hydrogens is 473 g/mol. The number of allylic oxidation sites excluding steroid dienone is 1. The monoisotopic (exact) mass is 495 g/mol. The van der Waals surface area contributed by atoms with Crippen molar-refractivity contribution >= 4 is 51.3 Å². The average Bonchev–Trinajstić information content (AvgIpc) is 3.23. The van der Waals surface area contributed by atoms with Crippen LogP contribution in [0.2, 0.25) is 10.0 Å². The number of furan rings is 1. The van der Waals surface area contributed by atoms with E-state index in [0.717, 1.165) is 33.2 Å². The molecule has 0 unspecified atom stereocenters. The first-order valence-electron chi connectivity index (χ1n) is 10.5. The molecule has 34 heavy (non-hydrogen) atoms. The number of halogens is 2. The van der Waals surface area contributed by atoms with Gasteiger partial charge in [-0.3, -0.25) is 4.79 Å². The number of nitrogens with one attached hydrogen (secondary N) is 1. The summed E-state index contributed by atoms with van der Waals surface area (Å²) >= 11 is 12.5. The van der Waals surface area contributed by atoms with Gasteiger partial charge in [0.15, 0.2) is 0 Å². The SMILES string of the molecule is COc1cccc(NC(=O)/C=C(\C)c2cc3c(-c4ccc(Cl)cc4Cl)coc3c(C)c2OC)c1. The number of fused-ring (bicyclic) bond motifs is 1. The van der Waals surface area contributed by atoms with E-state index in [4.69, 9.17) is 37.1 Å². The molecule has 1 amide bonds. The van der Waals surface area contributed by atoms with Crippen LogP contribution in [0, 0.1) is 6.92 Å². The summed E-state index contributed by atoms with van der Waals surface area (Å²) in [6, 6.07) is 14.5. The van der Waals surface area contributed by atoms with E-state index in [2.05, 4.69) is 5.32 Å². The maximum absolute atomic E-state index is 12.7. The molecular formula is C27H23Cl2NO4. The molecule has 0 spiro atoms. The Balaban J connectivity index is 1.76. The van der Waals surface area contributed by atoms with E-state index in [-0.39, 0.29) is 5.91 Å². The van der Waals surface area contributed by atoms with Gasteiger partial charge in [0, 0.05) is 50.5 Å². The first-order valence-corrected chi connectivity index (χ1v) is 11.3. The fourth-order valence-corrected chi connectivity index (χ4v) is 4.45. The highest BCUT2D eigenvalue weighted by atomic mass is 35.5. The number of methoxy groups -OCH3 is 2. The summed E-state index contributed by atoms with van der Waals surface area (Å²) in [4.78, 5) is 12.7. The first-order chi connectivity index (χ1) is 16.3. The molecule has 1 aromatic heterocycles. The average molecular weight is 496 g/mol. The van der Waals surface area contributed by atoms with E-state index in [0.29, 0.717) is 32.8 Å². The van der Waals surface area contributed by atoms with Crippen LogP contribution in [0.25, 0.3) is 27.7 Å². The van der Waals surface area contributed by atoms with Gasteiger partial charge in [0.05, 0.1) is 25.5 Å². The highest BCUT2D eigenvalue weighted by Gasteiger charge is 2.20. The Morgan fingerprint density at radius 2 is 1.82 bits per heavy atom. The molecule has 4 rings (SSSR count). The lowest BCUT2D eigenvalue weighted by Gasteiger charge is -2.13. The minimum Gasteiger partial charge on any atom is -0.497 e. The van der Waals surface area contributed by atoms with Crippen molar-refractivity contribution in [2.24, 2.45) is 0 Å². The second-order valence-corrected chi connectivity index (χ2v) is 8.62.